The summed E-state index contributed by atoms with van der Waals surface area (Å²) < 4.78 is 0. The molecule has 0 spiro atoms. The molecule has 3 fully saturated rings. The number of hydrogen-bond donors (Lipinski definition) is 1. The van der Waals surface area contributed by atoms with Crippen LogP contribution < -0.4 is 5.32 Å². The van der Waals surface area contributed by atoms with Crippen LogP contribution in [-0.4, -0.2) is 72.1 Å². The fourth-order valence-corrected chi connectivity index (χ4v) is 4.76. The van der Waals surface area contributed by atoms with Gasteiger partial charge in [0, 0.05) is 49.8 Å². The molecule has 0 amide bonds. The maximum absolute atomic E-state index is 5.00. The summed E-state index contributed by atoms with van der Waals surface area (Å²) in [6.45, 7) is 11.3. The van der Waals surface area contributed by atoms with E-state index in [0.717, 1.165) is 49.3 Å². The van der Waals surface area contributed by atoms with E-state index in [-0.39, 0.29) is 24.0 Å². The van der Waals surface area contributed by atoms with Crippen molar-refractivity contribution in [3.63, 3.8) is 0 Å². The molecule has 134 valence electrons. The molecule has 0 bridgehead atoms. The van der Waals surface area contributed by atoms with E-state index in [0.29, 0.717) is 0 Å². The average molecular weight is 452 g/mol. The lowest BCUT2D eigenvalue weighted by Gasteiger charge is -2.34. The predicted molar refractivity (Wildman–Crippen MR) is 112 cm³/mol. The third-order valence-corrected chi connectivity index (χ3v) is 6.48. The number of hydrogen-bond acceptors (Lipinski definition) is 3. The smallest absolute Gasteiger partial charge is 0.193 e. The Balaban J connectivity index is 0.00000192. The average Bonchev–Trinajstić information content (AvgIpc) is 3.30. The van der Waals surface area contributed by atoms with E-state index in [1.165, 1.54) is 44.5 Å². The molecule has 0 aromatic heterocycles. The summed E-state index contributed by atoms with van der Waals surface area (Å²) in [6.07, 6.45) is 5.47. The van der Waals surface area contributed by atoms with Gasteiger partial charge in [-0.3, -0.25) is 4.99 Å². The van der Waals surface area contributed by atoms with E-state index in [4.69, 9.17) is 4.99 Å². The number of aliphatic imine (C=N–C) groups is 1. The molecule has 2 saturated heterocycles. The summed E-state index contributed by atoms with van der Waals surface area (Å²) in [6, 6.07) is 0.923. The van der Waals surface area contributed by atoms with Gasteiger partial charge >= 0.3 is 0 Å². The molecule has 3 aliphatic rings. The molecular weight excluding hydrogens is 419 g/mol. The second-order valence-electron chi connectivity index (χ2n) is 6.92. The van der Waals surface area contributed by atoms with Crippen LogP contribution in [0.5, 0.6) is 0 Å². The quantitative estimate of drug-likeness (QED) is 0.395. The third-order valence-electron chi connectivity index (χ3n) is 5.11. The molecule has 2 atom stereocenters. The van der Waals surface area contributed by atoms with Gasteiger partial charge in [-0.25, -0.2) is 0 Å². The fourth-order valence-electron chi connectivity index (χ4n) is 3.58. The zero-order valence-corrected chi connectivity index (χ0v) is 17.8. The Hall–Kier alpha value is 0.310. The van der Waals surface area contributed by atoms with Crippen molar-refractivity contribution in [3.05, 3.63) is 0 Å². The Bertz CT molecular complexity index is 389. The third kappa shape index (κ3) is 5.66. The molecule has 2 heterocycles. The zero-order valence-electron chi connectivity index (χ0n) is 14.7. The van der Waals surface area contributed by atoms with Gasteiger partial charge < -0.3 is 15.1 Å². The minimum absolute atomic E-state index is 0. The molecule has 1 N–H and O–H groups in total. The van der Waals surface area contributed by atoms with Gasteiger partial charge in [0.05, 0.1) is 0 Å². The Morgan fingerprint density at radius 1 is 1.17 bits per heavy atom. The number of likely N-dealkylation sites (tertiary alicyclic amines) is 1. The molecule has 0 aromatic carbocycles. The van der Waals surface area contributed by atoms with Crippen LogP contribution in [0.3, 0.4) is 0 Å². The fraction of sp³-hybridized carbons (Fsp3) is 0.941. The maximum Gasteiger partial charge on any atom is 0.193 e. The van der Waals surface area contributed by atoms with Crippen LogP contribution in [0.2, 0.25) is 0 Å². The monoisotopic (exact) mass is 452 g/mol. The van der Waals surface area contributed by atoms with Gasteiger partial charge in [-0.15, -0.1) is 24.0 Å². The lowest BCUT2D eigenvalue weighted by atomic mass is 10.1. The van der Waals surface area contributed by atoms with Gasteiger partial charge in [0.15, 0.2) is 5.96 Å². The standard InChI is InChI=1S/C17H32N4S.HI/c1-3-16-13-21(9-10-22-16)17(18-4-2)19-11-14-7-8-20(12-14)15-5-6-15;/h14-16H,3-13H2,1-2H3,(H,18,19);1H. The second kappa shape index (κ2) is 9.70. The van der Waals surface area contributed by atoms with Crippen LogP contribution in [0.1, 0.15) is 39.5 Å². The molecule has 1 saturated carbocycles. The zero-order chi connectivity index (χ0) is 15.4. The Labute approximate surface area is 163 Å². The first-order chi connectivity index (χ1) is 10.8. The normalized spacial score (nSPS) is 29.5. The van der Waals surface area contributed by atoms with Crippen molar-refractivity contribution in [2.75, 3.05) is 45.0 Å². The number of rotatable bonds is 5. The highest BCUT2D eigenvalue weighted by atomic mass is 127. The molecule has 2 aliphatic heterocycles. The van der Waals surface area contributed by atoms with Gasteiger partial charge in [-0.05, 0) is 45.1 Å². The van der Waals surface area contributed by atoms with Crippen molar-refractivity contribution in [2.24, 2.45) is 10.9 Å². The van der Waals surface area contributed by atoms with E-state index < -0.39 is 0 Å². The summed E-state index contributed by atoms with van der Waals surface area (Å²) >= 11 is 2.13. The molecule has 1 aliphatic carbocycles. The first-order valence-corrected chi connectivity index (χ1v) is 10.2. The van der Waals surface area contributed by atoms with E-state index in [1.54, 1.807) is 0 Å². The van der Waals surface area contributed by atoms with E-state index >= 15 is 0 Å². The van der Waals surface area contributed by atoms with Gasteiger partial charge in [-0.2, -0.15) is 11.8 Å². The number of nitrogens with zero attached hydrogens (tertiary/aromatic N) is 3. The van der Waals surface area contributed by atoms with Crippen molar-refractivity contribution in [2.45, 2.75) is 50.8 Å². The molecular formula is C17H33IN4S. The van der Waals surface area contributed by atoms with Crippen LogP contribution in [0.15, 0.2) is 4.99 Å². The van der Waals surface area contributed by atoms with E-state index in [2.05, 4.69) is 40.7 Å². The van der Waals surface area contributed by atoms with Crippen LogP contribution >= 0.6 is 35.7 Å². The van der Waals surface area contributed by atoms with Crippen LogP contribution in [0.25, 0.3) is 0 Å². The number of thioether (sulfide) groups is 1. The molecule has 3 rings (SSSR count). The molecule has 0 aromatic rings. The van der Waals surface area contributed by atoms with Gasteiger partial charge in [0.2, 0.25) is 0 Å². The highest BCUT2D eigenvalue weighted by molar-refractivity contribution is 14.0. The lowest BCUT2D eigenvalue weighted by Crippen LogP contribution is -2.48. The van der Waals surface area contributed by atoms with Crippen molar-refractivity contribution >= 4 is 41.7 Å². The summed E-state index contributed by atoms with van der Waals surface area (Å²) in [5.74, 6) is 3.17. The van der Waals surface area contributed by atoms with Crippen LogP contribution in [0.4, 0.5) is 0 Å². The Morgan fingerprint density at radius 2 is 2.00 bits per heavy atom. The van der Waals surface area contributed by atoms with Gasteiger partial charge in [0.1, 0.15) is 0 Å². The van der Waals surface area contributed by atoms with Crippen LogP contribution in [-0.2, 0) is 0 Å². The van der Waals surface area contributed by atoms with E-state index in [1.807, 2.05) is 0 Å². The highest BCUT2D eigenvalue weighted by Gasteiger charge is 2.34. The Morgan fingerprint density at radius 3 is 2.70 bits per heavy atom. The minimum atomic E-state index is 0. The number of nitrogens with one attached hydrogen (secondary N) is 1. The van der Waals surface area contributed by atoms with Gasteiger partial charge in [-0.1, -0.05) is 6.92 Å². The summed E-state index contributed by atoms with van der Waals surface area (Å²) in [5, 5.41) is 4.29. The summed E-state index contributed by atoms with van der Waals surface area (Å²) in [4.78, 5) is 10.2. The van der Waals surface area contributed by atoms with Crippen molar-refractivity contribution < 1.29 is 0 Å². The molecule has 23 heavy (non-hydrogen) atoms. The molecule has 0 radical (unpaired) electrons. The topological polar surface area (TPSA) is 30.9 Å². The van der Waals surface area contributed by atoms with Crippen molar-refractivity contribution in [1.82, 2.24) is 15.1 Å². The minimum Gasteiger partial charge on any atom is -0.357 e. The molecule has 2 unspecified atom stereocenters. The SMILES string of the molecule is CCNC(=NCC1CCN(C2CC2)C1)N1CCSC(CC)C1.I. The summed E-state index contributed by atoms with van der Waals surface area (Å²) in [5.41, 5.74) is 0. The number of halogens is 1. The summed E-state index contributed by atoms with van der Waals surface area (Å²) in [7, 11) is 0. The molecule has 6 heteroatoms. The first kappa shape index (κ1) is 19.6. The van der Waals surface area contributed by atoms with Gasteiger partial charge in [0.25, 0.3) is 0 Å². The lowest BCUT2D eigenvalue weighted by molar-refractivity contribution is 0.315. The predicted octanol–water partition coefficient (Wildman–Crippen LogP) is 2.88. The Kier molecular flexibility index (Phi) is 8.28. The largest absolute Gasteiger partial charge is 0.357 e. The van der Waals surface area contributed by atoms with Crippen LogP contribution in [0, 0.1) is 5.92 Å². The second-order valence-corrected chi connectivity index (χ2v) is 8.33. The first-order valence-electron chi connectivity index (χ1n) is 9.19. The highest BCUT2D eigenvalue weighted by Crippen LogP contribution is 2.31. The van der Waals surface area contributed by atoms with Crippen molar-refractivity contribution in [1.29, 1.82) is 0 Å². The maximum atomic E-state index is 5.00. The van der Waals surface area contributed by atoms with E-state index in [9.17, 15) is 0 Å². The number of guanidine groups is 1. The molecule has 4 nitrogen and oxygen atoms in total. The van der Waals surface area contributed by atoms with Crippen molar-refractivity contribution in [3.8, 4) is 0 Å².